The van der Waals surface area contributed by atoms with Gasteiger partial charge in [-0.25, -0.2) is 4.79 Å². The van der Waals surface area contributed by atoms with Crippen LogP contribution in [0.5, 0.6) is 11.5 Å². The minimum Gasteiger partial charge on any atom is -0.491 e. The van der Waals surface area contributed by atoms with E-state index in [4.69, 9.17) is 9.47 Å². The number of ether oxygens (including phenoxy) is 2. The van der Waals surface area contributed by atoms with Crippen LogP contribution in [0.4, 0.5) is 4.79 Å². The Morgan fingerprint density at radius 1 is 1.30 bits per heavy atom. The molecule has 0 saturated carbocycles. The molecule has 2 unspecified atom stereocenters. The van der Waals surface area contributed by atoms with Gasteiger partial charge in [0.15, 0.2) is 0 Å². The molecule has 6 nitrogen and oxygen atoms in total. The third kappa shape index (κ3) is 5.88. The topological polar surface area (TPSA) is 80.7 Å². The van der Waals surface area contributed by atoms with Crippen LogP contribution in [0, 0.1) is 18.3 Å². The van der Waals surface area contributed by atoms with E-state index in [1.807, 2.05) is 31.3 Å². The molecule has 0 saturated heterocycles. The lowest BCUT2D eigenvalue weighted by Gasteiger charge is -2.27. The summed E-state index contributed by atoms with van der Waals surface area (Å²) in [5.41, 5.74) is 4.40. The fourth-order valence-electron chi connectivity index (χ4n) is 4.20. The lowest BCUT2D eigenvalue weighted by Crippen LogP contribution is -2.39. The van der Waals surface area contributed by atoms with Gasteiger partial charge in [-0.1, -0.05) is 27.7 Å². The highest BCUT2D eigenvalue weighted by Crippen LogP contribution is 2.39. The molecule has 1 amide bonds. The SMILES string of the molecule is Cc1cc2c(cn1)COc1cc(OCC(CC(C)CC(C)(C)C)NC(=O)O)ccc1-2. The fourth-order valence-corrected chi connectivity index (χ4v) is 4.20. The van der Waals surface area contributed by atoms with E-state index in [-0.39, 0.29) is 18.1 Å². The number of nitrogens with one attached hydrogen (secondary N) is 1. The molecule has 2 N–H and O–H groups in total. The van der Waals surface area contributed by atoms with E-state index >= 15 is 0 Å². The Hall–Kier alpha value is -2.76. The highest BCUT2D eigenvalue weighted by molar-refractivity contribution is 5.75. The summed E-state index contributed by atoms with van der Waals surface area (Å²) >= 11 is 0. The lowest BCUT2D eigenvalue weighted by atomic mass is 9.83. The van der Waals surface area contributed by atoms with Gasteiger partial charge in [0.05, 0.1) is 6.04 Å². The number of carboxylic acid groups (broad SMARTS) is 1. The summed E-state index contributed by atoms with van der Waals surface area (Å²) in [6.07, 6.45) is 2.58. The summed E-state index contributed by atoms with van der Waals surface area (Å²) < 4.78 is 11.9. The molecular formula is C24H32N2O4. The van der Waals surface area contributed by atoms with Crippen LogP contribution in [0.3, 0.4) is 0 Å². The second-order valence-corrected chi connectivity index (χ2v) is 9.49. The van der Waals surface area contributed by atoms with Gasteiger partial charge in [-0.3, -0.25) is 4.98 Å². The van der Waals surface area contributed by atoms with Crippen molar-refractivity contribution in [1.29, 1.82) is 0 Å². The standard InChI is InChI=1S/C24H32N2O4/c1-15(11-24(3,4)5)8-18(26-23(27)28)14-29-19-6-7-20-21-9-16(2)25-12-17(21)13-30-22(20)10-19/h6-7,9-10,12,15,18,26H,8,11,13-14H2,1-5H3,(H,27,28). The zero-order valence-corrected chi connectivity index (χ0v) is 18.5. The number of benzene rings is 1. The molecule has 162 valence electrons. The van der Waals surface area contributed by atoms with E-state index in [0.29, 0.717) is 18.3 Å². The maximum absolute atomic E-state index is 11.2. The summed E-state index contributed by atoms with van der Waals surface area (Å²) in [4.78, 5) is 15.6. The normalized spacial score (nSPS) is 14.7. The number of amides is 1. The first kappa shape index (κ1) is 21.9. The van der Waals surface area contributed by atoms with Crippen LogP contribution >= 0.6 is 0 Å². The fraction of sp³-hybridized carbons (Fsp3) is 0.500. The molecule has 3 rings (SSSR count). The molecule has 0 spiro atoms. The molecule has 1 aliphatic rings. The molecule has 2 atom stereocenters. The number of hydrogen-bond acceptors (Lipinski definition) is 4. The van der Waals surface area contributed by atoms with Crippen LogP contribution in [0.1, 0.15) is 51.8 Å². The largest absolute Gasteiger partial charge is 0.491 e. The smallest absolute Gasteiger partial charge is 0.404 e. The molecule has 1 aromatic heterocycles. The molecule has 1 aromatic carbocycles. The van der Waals surface area contributed by atoms with Gasteiger partial charge >= 0.3 is 6.09 Å². The molecule has 0 radical (unpaired) electrons. The van der Waals surface area contributed by atoms with Crippen LogP contribution in [0.25, 0.3) is 11.1 Å². The van der Waals surface area contributed by atoms with Crippen LogP contribution < -0.4 is 14.8 Å². The van der Waals surface area contributed by atoms with Gasteiger partial charge in [-0.05, 0) is 54.9 Å². The number of pyridine rings is 1. The molecular weight excluding hydrogens is 380 g/mol. The molecule has 0 bridgehead atoms. The van der Waals surface area contributed by atoms with Gasteiger partial charge in [0.1, 0.15) is 24.7 Å². The van der Waals surface area contributed by atoms with Crippen molar-refractivity contribution in [3.8, 4) is 22.6 Å². The van der Waals surface area contributed by atoms with Crippen molar-refractivity contribution in [2.24, 2.45) is 11.3 Å². The average molecular weight is 413 g/mol. The van der Waals surface area contributed by atoms with Crippen LogP contribution in [0.15, 0.2) is 30.5 Å². The summed E-state index contributed by atoms with van der Waals surface area (Å²) in [6.45, 7) is 11.5. The second-order valence-electron chi connectivity index (χ2n) is 9.49. The van der Waals surface area contributed by atoms with Crippen molar-refractivity contribution >= 4 is 6.09 Å². The highest BCUT2D eigenvalue weighted by Gasteiger charge is 2.22. The summed E-state index contributed by atoms with van der Waals surface area (Å²) in [7, 11) is 0. The number of carbonyl (C=O) groups is 1. The second kappa shape index (κ2) is 8.94. The minimum absolute atomic E-state index is 0.202. The predicted octanol–water partition coefficient (Wildman–Crippen LogP) is 5.43. The van der Waals surface area contributed by atoms with Crippen LogP contribution in [-0.2, 0) is 6.61 Å². The number of aromatic nitrogens is 1. The molecule has 0 aliphatic carbocycles. The molecule has 2 aromatic rings. The Balaban J connectivity index is 1.68. The van der Waals surface area contributed by atoms with Crippen molar-refractivity contribution < 1.29 is 19.4 Å². The first-order valence-electron chi connectivity index (χ1n) is 10.5. The lowest BCUT2D eigenvalue weighted by molar-refractivity contribution is 0.172. The van der Waals surface area contributed by atoms with Crippen molar-refractivity contribution in [2.45, 2.75) is 60.1 Å². The maximum atomic E-state index is 11.2. The zero-order valence-electron chi connectivity index (χ0n) is 18.5. The van der Waals surface area contributed by atoms with Crippen molar-refractivity contribution in [2.75, 3.05) is 6.61 Å². The molecule has 6 heteroatoms. The van der Waals surface area contributed by atoms with Gasteiger partial charge in [0, 0.05) is 29.1 Å². The summed E-state index contributed by atoms with van der Waals surface area (Å²) in [6, 6.07) is 7.57. The van der Waals surface area contributed by atoms with E-state index in [2.05, 4.69) is 44.1 Å². The number of fused-ring (bicyclic) bond motifs is 3. The van der Waals surface area contributed by atoms with E-state index in [1.165, 1.54) is 0 Å². The Bertz CT molecular complexity index is 905. The summed E-state index contributed by atoms with van der Waals surface area (Å²) in [5.74, 6) is 1.82. The Kier molecular flexibility index (Phi) is 6.54. The van der Waals surface area contributed by atoms with E-state index < -0.39 is 6.09 Å². The van der Waals surface area contributed by atoms with Gasteiger partial charge in [-0.15, -0.1) is 0 Å². The zero-order chi connectivity index (χ0) is 21.9. The molecule has 30 heavy (non-hydrogen) atoms. The van der Waals surface area contributed by atoms with Gasteiger partial charge in [0.25, 0.3) is 0 Å². The van der Waals surface area contributed by atoms with Crippen molar-refractivity contribution in [3.05, 3.63) is 41.7 Å². The van der Waals surface area contributed by atoms with Gasteiger partial charge in [0.2, 0.25) is 0 Å². The van der Waals surface area contributed by atoms with Gasteiger partial charge in [-0.2, -0.15) is 0 Å². The van der Waals surface area contributed by atoms with E-state index in [9.17, 15) is 9.90 Å². The van der Waals surface area contributed by atoms with Crippen molar-refractivity contribution in [1.82, 2.24) is 10.3 Å². The van der Waals surface area contributed by atoms with Crippen LogP contribution in [-0.4, -0.2) is 28.8 Å². The maximum Gasteiger partial charge on any atom is 0.404 e. The highest BCUT2D eigenvalue weighted by atomic mass is 16.5. The summed E-state index contributed by atoms with van der Waals surface area (Å²) in [5, 5.41) is 11.8. The number of rotatable bonds is 7. The Labute approximate surface area is 178 Å². The first-order valence-corrected chi connectivity index (χ1v) is 10.5. The number of nitrogens with zero attached hydrogens (tertiary/aromatic N) is 1. The van der Waals surface area contributed by atoms with Crippen LogP contribution in [0.2, 0.25) is 0 Å². The number of aryl methyl sites for hydroxylation is 1. The average Bonchev–Trinajstić information content (AvgIpc) is 2.63. The third-order valence-corrected chi connectivity index (χ3v) is 5.18. The molecule has 0 fully saturated rings. The Morgan fingerprint density at radius 3 is 2.77 bits per heavy atom. The molecule has 2 heterocycles. The van der Waals surface area contributed by atoms with E-state index in [1.54, 1.807) is 0 Å². The van der Waals surface area contributed by atoms with E-state index in [0.717, 1.165) is 41.0 Å². The predicted molar refractivity (Wildman–Crippen MR) is 117 cm³/mol. The van der Waals surface area contributed by atoms with Crippen molar-refractivity contribution in [3.63, 3.8) is 0 Å². The Morgan fingerprint density at radius 2 is 2.07 bits per heavy atom. The monoisotopic (exact) mass is 412 g/mol. The first-order chi connectivity index (χ1) is 14.1. The van der Waals surface area contributed by atoms with Gasteiger partial charge < -0.3 is 19.9 Å². The molecule has 1 aliphatic heterocycles. The third-order valence-electron chi connectivity index (χ3n) is 5.18. The minimum atomic E-state index is -1.03. The number of hydrogen-bond donors (Lipinski definition) is 2. The quantitative estimate of drug-likeness (QED) is 0.634.